The molecule has 0 radical (unpaired) electrons. The van der Waals surface area contributed by atoms with Crippen LogP contribution in [0.2, 0.25) is 0 Å². The molecule has 1 aromatic heterocycles. The summed E-state index contributed by atoms with van der Waals surface area (Å²) in [6.45, 7) is 5.62. The van der Waals surface area contributed by atoms with Gasteiger partial charge in [-0.25, -0.2) is 4.39 Å². The summed E-state index contributed by atoms with van der Waals surface area (Å²) in [6.07, 6.45) is 4.55. The Kier molecular flexibility index (Phi) is 5.92. The molecule has 2 saturated heterocycles. The second kappa shape index (κ2) is 9.01. The number of benzene rings is 2. The topological polar surface area (TPSA) is 48.7 Å². The van der Waals surface area contributed by atoms with E-state index in [4.69, 9.17) is 0 Å². The van der Waals surface area contributed by atoms with Gasteiger partial charge in [-0.2, -0.15) is 0 Å². The van der Waals surface area contributed by atoms with Crippen LogP contribution in [0.3, 0.4) is 0 Å². The third-order valence-corrected chi connectivity index (χ3v) is 6.70. The maximum Gasteiger partial charge on any atom is 0.262 e. The first-order chi connectivity index (χ1) is 16.0. The molecule has 0 amide bonds. The highest BCUT2D eigenvalue weighted by atomic mass is 19.1. The number of fused-ring (bicyclic) bond motifs is 1. The van der Waals surface area contributed by atoms with Crippen molar-refractivity contribution in [3.63, 3.8) is 0 Å². The number of aliphatic hydroxyl groups is 1. The van der Waals surface area contributed by atoms with Crippen LogP contribution >= 0.6 is 0 Å². The summed E-state index contributed by atoms with van der Waals surface area (Å²) in [7, 11) is 0. The van der Waals surface area contributed by atoms with Crippen LogP contribution in [0.25, 0.3) is 16.5 Å². The third kappa shape index (κ3) is 4.39. The van der Waals surface area contributed by atoms with Crippen molar-refractivity contribution >= 4 is 16.5 Å². The van der Waals surface area contributed by atoms with Gasteiger partial charge in [0.1, 0.15) is 11.9 Å². The normalized spacial score (nSPS) is 19.6. The number of aliphatic hydroxyl groups excluding tert-OH is 1. The van der Waals surface area contributed by atoms with E-state index in [0.29, 0.717) is 22.8 Å². The van der Waals surface area contributed by atoms with Crippen LogP contribution in [0.5, 0.6) is 0 Å². The minimum Gasteiger partial charge on any atom is -0.381 e. The second-order valence-electron chi connectivity index (χ2n) is 9.01. The molecule has 2 fully saturated rings. The lowest BCUT2D eigenvalue weighted by molar-refractivity contribution is 0.253. The van der Waals surface area contributed by atoms with Crippen LogP contribution < -0.4 is 10.5 Å². The molecule has 170 valence electrons. The Labute approximate surface area is 193 Å². The van der Waals surface area contributed by atoms with Gasteiger partial charge in [0.25, 0.3) is 5.56 Å². The molecule has 33 heavy (non-hydrogen) atoms. The van der Waals surface area contributed by atoms with Crippen molar-refractivity contribution in [1.82, 2.24) is 9.47 Å². The predicted octanol–water partition coefficient (Wildman–Crippen LogP) is 3.54. The minimum absolute atomic E-state index is 0.204. The zero-order chi connectivity index (χ0) is 22.9. The Morgan fingerprint density at radius 2 is 1.91 bits per heavy atom. The van der Waals surface area contributed by atoms with Crippen LogP contribution in [0.4, 0.5) is 10.1 Å². The van der Waals surface area contributed by atoms with E-state index in [1.54, 1.807) is 31.3 Å². The van der Waals surface area contributed by atoms with E-state index in [0.717, 1.165) is 43.5 Å². The summed E-state index contributed by atoms with van der Waals surface area (Å²) < 4.78 is 16.6. The molecular formula is C27H28FN3O2. The van der Waals surface area contributed by atoms with Crippen LogP contribution in [0.15, 0.2) is 53.5 Å². The monoisotopic (exact) mass is 445 g/mol. The highest BCUT2D eigenvalue weighted by Gasteiger charge is 2.30. The molecule has 2 aliphatic rings. The first-order valence-corrected chi connectivity index (χ1v) is 11.6. The average Bonchev–Trinajstić information content (AvgIpc) is 3.50. The molecule has 5 rings (SSSR count). The lowest BCUT2D eigenvalue weighted by Crippen LogP contribution is -2.35. The van der Waals surface area contributed by atoms with Crippen LogP contribution in [0, 0.1) is 17.7 Å². The Balaban J connectivity index is 1.40. The van der Waals surface area contributed by atoms with Gasteiger partial charge < -0.3 is 10.0 Å². The summed E-state index contributed by atoms with van der Waals surface area (Å²) >= 11 is 0. The van der Waals surface area contributed by atoms with E-state index in [9.17, 15) is 9.90 Å². The minimum atomic E-state index is -0.710. The van der Waals surface area contributed by atoms with Crippen molar-refractivity contribution in [3.8, 4) is 17.5 Å². The number of pyridine rings is 1. The highest BCUT2D eigenvalue weighted by Crippen LogP contribution is 2.28. The molecule has 3 heterocycles. The largest absolute Gasteiger partial charge is 0.381 e. The number of hydrogen-bond donors (Lipinski definition) is 1. The van der Waals surface area contributed by atoms with Crippen molar-refractivity contribution in [3.05, 3.63) is 70.4 Å². The van der Waals surface area contributed by atoms with Gasteiger partial charge in [-0.3, -0.25) is 14.3 Å². The predicted molar refractivity (Wildman–Crippen MR) is 129 cm³/mol. The van der Waals surface area contributed by atoms with Crippen molar-refractivity contribution in [2.75, 3.05) is 31.1 Å². The standard InChI is InChI=1S/C27H28FN3O2/c1-19(32)4-5-20-6-8-24-21(16-20)10-15-31(27(24)33)22-7-9-26(25(28)17-22)30-14-11-23(18-30)29-12-2-3-13-29/h6-10,15-17,19,23,32H,2-3,11-14,18H2,1H3/t19-,23-/m1/s1. The molecule has 5 nitrogen and oxygen atoms in total. The number of likely N-dealkylation sites (tertiary alicyclic amines) is 1. The molecule has 2 aromatic carbocycles. The number of halogens is 1. The Morgan fingerprint density at radius 3 is 2.67 bits per heavy atom. The molecule has 0 unspecified atom stereocenters. The van der Waals surface area contributed by atoms with Crippen molar-refractivity contribution in [2.45, 2.75) is 38.3 Å². The molecule has 2 atom stereocenters. The van der Waals surface area contributed by atoms with Crippen LogP contribution in [-0.2, 0) is 0 Å². The summed E-state index contributed by atoms with van der Waals surface area (Å²) in [5.41, 5.74) is 1.64. The van der Waals surface area contributed by atoms with E-state index in [-0.39, 0.29) is 11.4 Å². The summed E-state index contributed by atoms with van der Waals surface area (Å²) in [4.78, 5) is 17.8. The Morgan fingerprint density at radius 1 is 1.09 bits per heavy atom. The summed E-state index contributed by atoms with van der Waals surface area (Å²) in [6, 6.07) is 12.7. The fraction of sp³-hybridized carbons (Fsp3) is 0.370. The lowest BCUT2D eigenvalue weighted by atomic mass is 10.1. The molecular weight excluding hydrogens is 417 g/mol. The van der Waals surface area contributed by atoms with Gasteiger partial charge in [0.05, 0.1) is 11.4 Å². The lowest BCUT2D eigenvalue weighted by Gasteiger charge is -2.25. The van der Waals surface area contributed by atoms with Gasteiger partial charge in [-0.05, 0) is 81.1 Å². The highest BCUT2D eigenvalue weighted by molar-refractivity contribution is 5.83. The average molecular weight is 446 g/mol. The fourth-order valence-corrected chi connectivity index (χ4v) is 4.98. The van der Waals surface area contributed by atoms with Crippen molar-refractivity contribution in [1.29, 1.82) is 0 Å². The zero-order valence-electron chi connectivity index (χ0n) is 18.8. The first-order valence-electron chi connectivity index (χ1n) is 11.6. The molecule has 0 saturated carbocycles. The number of rotatable bonds is 3. The summed E-state index contributed by atoms with van der Waals surface area (Å²) in [5, 5.41) is 10.6. The number of hydrogen-bond acceptors (Lipinski definition) is 4. The van der Waals surface area contributed by atoms with E-state index >= 15 is 4.39 Å². The van der Waals surface area contributed by atoms with Gasteiger partial charge in [0, 0.05) is 42.3 Å². The van der Waals surface area contributed by atoms with Gasteiger partial charge in [-0.15, -0.1) is 0 Å². The molecule has 1 N–H and O–H groups in total. The van der Waals surface area contributed by atoms with E-state index < -0.39 is 6.10 Å². The SMILES string of the molecule is C[C@@H](O)C#Cc1ccc2c(=O)n(-c3ccc(N4CC[C@@H](N5CCCC5)C4)c(F)c3)ccc2c1. The fourth-order valence-electron chi connectivity index (χ4n) is 4.98. The van der Waals surface area contributed by atoms with Gasteiger partial charge >= 0.3 is 0 Å². The first kappa shape index (κ1) is 21.7. The van der Waals surface area contributed by atoms with Gasteiger partial charge in [0.2, 0.25) is 0 Å². The molecule has 0 bridgehead atoms. The smallest absolute Gasteiger partial charge is 0.262 e. The Hall–Kier alpha value is -3.14. The van der Waals surface area contributed by atoms with Gasteiger partial charge in [0.15, 0.2) is 0 Å². The van der Waals surface area contributed by atoms with Gasteiger partial charge in [-0.1, -0.05) is 11.8 Å². The van der Waals surface area contributed by atoms with E-state index in [1.165, 1.54) is 23.5 Å². The maximum absolute atomic E-state index is 15.1. The number of nitrogens with zero attached hydrogens (tertiary/aromatic N) is 3. The molecule has 2 aliphatic heterocycles. The molecule has 3 aromatic rings. The quantitative estimate of drug-likeness (QED) is 0.627. The third-order valence-electron chi connectivity index (χ3n) is 6.70. The van der Waals surface area contributed by atoms with Crippen molar-refractivity contribution in [2.24, 2.45) is 0 Å². The van der Waals surface area contributed by atoms with Crippen LogP contribution in [-0.4, -0.2) is 52.9 Å². The second-order valence-corrected chi connectivity index (χ2v) is 9.01. The molecule has 0 aliphatic carbocycles. The number of anilines is 1. The molecule has 6 heteroatoms. The maximum atomic E-state index is 15.1. The summed E-state index contributed by atoms with van der Waals surface area (Å²) in [5.74, 6) is 5.30. The Bertz CT molecular complexity index is 1300. The van der Waals surface area contributed by atoms with Crippen LogP contribution in [0.1, 0.15) is 31.7 Å². The molecule has 0 spiro atoms. The van der Waals surface area contributed by atoms with Crippen molar-refractivity contribution < 1.29 is 9.50 Å². The zero-order valence-corrected chi connectivity index (χ0v) is 18.8. The number of aromatic nitrogens is 1. The van der Waals surface area contributed by atoms with E-state index in [2.05, 4.69) is 21.6 Å². The van der Waals surface area contributed by atoms with E-state index in [1.807, 2.05) is 18.2 Å².